The Morgan fingerprint density at radius 2 is 1.85 bits per heavy atom. The van der Waals surface area contributed by atoms with Gasteiger partial charge in [0.2, 0.25) is 11.2 Å². The molecule has 1 amide bonds. The van der Waals surface area contributed by atoms with Crippen molar-refractivity contribution in [3.8, 4) is 5.75 Å². The van der Waals surface area contributed by atoms with Crippen molar-refractivity contribution in [2.45, 2.75) is 50.7 Å². The van der Waals surface area contributed by atoms with Gasteiger partial charge in [0.25, 0.3) is 5.91 Å². The number of aromatic nitrogens is 2. The normalized spacial score (nSPS) is 18.9. The summed E-state index contributed by atoms with van der Waals surface area (Å²) >= 11 is 0. The van der Waals surface area contributed by atoms with Crippen molar-refractivity contribution in [3.05, 3.63) is 93.3 Å². The molecule has 11 nitrogen and oxygen atoms in total. The number of nitrogens with one attached hydrogen (secondary N) is 2. The monoisotopic (exact) mass is 655 g/mol. The molecule has 48 heavy (non-hydrogen) atoms. The van der Waals surface area contributed by atoms with E-state index in [4.69, 9.17) is 9.47 Å². The number of anilines is 1. The van der Waals surface area contributed by atoms with Crippen LogP contribution in [0.3, 0.4) is 0 Å². The van der Waals surface area contributed by atoms with Crippen LogP contribution in [0.2, 0.25) is 0 Å². The largest absolute Gasteiger partial charge is 0.492 e. The van der Waals surface area contributed by atoms with Crippen molar-refractivity contribution in [1.82, 2.24) is 19.8 Å². The summed E-state index contributed by atoms with van der Waals surface area (Å²) in [6.45, 7) is 4.29. The number of hydrogen-bond donors (Lipinski definition) is 2. The van der Waals surface area contributed by atoms with Gasteiger partial charge >= 0.3 is 5.97 Å². The standard InChI is InChI=1S/C36H38FN5O6/c1-21-19-40(16-13-38-21)31-27(37)18-25-30(34(31)47-2)42(23-8-9-23)20-26(33(25)44)35(45)39-14-17-48-36(46)24-12-15-41-28(24)10-11-29(41)32(43)22-6-4-3-5-7-22/h3-7,10-11,18,20-21,23-24,38H,8-9,12-17,19H2,1-2H3,(H,39,45). The number of ether oxygens (including phenoxy) is 2. The van der Waals surface area contributed by atoms with E-state index in [0.29, 0.717) is 55.1 Å². The van der Waals surface area contributed by atoms with Crippen LogP contribution < -0.4 is 25.7 Å². The minimum atomic E-state index is -0.634. The molecule has 2 aromatic heterocycles. The third-order valence-corrected chi connectivity index (χ3v) is 9.47. The Bertz CT molecular complexity index is 1970. The van der Waals surface area contributed by atoms with Crippen LogP contribution in [0.4, 0.5) is 10.1 Å². The van der Waals surface area contributed by atoms with E-state index in [1.165, 1.54) is 19.4 Å². The summed E-state index contributed by atoms with van der Waals surface area (Å²) in [4.78, 5) is 54.9. The molecule has 12 heteroatoms. The molecule has 2 N–H and O–H groups in total. The summed E-state index contributed by atoms with van der Waals surface area (Å²) in [5.41, 5.74) is 1.91. The first-order valence-electron chi connectivity index (χ1n) is 16.4. The number of ketones is 1. The molecule has 2 fully saturated rings. The molecular formula is C36H38FN5O6. The van der Waals surface area contributed by atoms with E-state index in [2.05, 4.69) is 10.6 Å². The van der Waals surface area contributed by atoms with Gasteiger partial charge in [-0.05, 0) is 44.4 Å². The molecular weight excluding hydrogens is 617 g/mol. The number of carbonyl (C=O) groups excluding carboxylic acids is 3. The van der Waals surface area contributed by atoms with Crippen molar-refractivity contribution >= 4 is 34.3 Å². The number of methoxy groups -OCH3 is 1. The Labute approximate surface area is 276 Å². The summed E-state index contributed by atoms with van der Waals surface area (Å²) in [7, 11) is 1.47. The second-order valence-corrected chi connectivity index (χ2v) is 12.7. The summed E-state index contributed by atoms with van der Waals surface area (Å²) in [6.07, 6.45) is 3.77. The van der Waals surface area contributed by atoms with Crippen LogP contribution in [-0.4, -0.2) is 72.7 Å². The fourth-order valence-electron chi connectivity index (χ4n) is 7.00. The molecule has 1 aliphatic carbocycles. The molecule has 0 radical (unpaired) electrons. The predicted molar refractivity (Wildman–Crippen MR) is 178 cm³/mol. The second kappa shape index (κ2) is 12.9. The van der Waals surface area contributed by atoms with Gasteiger partial charge in [0.1, 0.15) is 17.9 Å². The number of esters is 1. The SMILES string of the molecule is COc1c(N2CCNC(C)C2)c(F)cc2c(=O)c(C(=O)NCCOC(=O)C3CCn4c(C(=O)c5ccccc5)ccc43)cn(C3CC3)c12. The van der Waals surface area contributed by atoms with Gasteiger partial charge in [-0.2, -0.15) is 0 Å². The maximum absolute atomic E-state index is 15.7. The Kier molecular flexibility index (Phi) is 8.50. The van der Waals surface area contributed by atoms with Crippen molar-refractivity contribution < 1.29 is 28.2 Å². The Balaban J connectivity index is 1.04. The van der Waals surface area contributed by atoms with E-state index in [9.17, 15) is 19.2 Å². The van der Waals surface area contributed by atoms with Gasteiger partial charge in [-0.3, -0.25) is 19.2 Å². The summed E-state index contributed by atoms with van der Waals surface area (Å²) in [5, 5.41) is 6.12. The highest BCUT2D eigenvalue weighted by molar-refractivity contribution is 6.08. The average molecular weight is 656 g/mol. The van der Waals surface area contributed by atoms with Crippen molar-refractivity contribution in [3.63, 3.8) is 0 Å². The van der Waals surface area contributed by atoms with E-state index >= 15 is 4.39 Å². The molecule has 1 saturated heterocycles. The molecule has 3 aliphatic rings. The fourth-order valence-corrected chi connectivity index (χ4v) is 7.00. The second-order valence-electron chi connectivity index (χ2n) is 12.7. The predicted octanol–water partition coefficient (Wildman–Crippen LogP) is 3.78. The summed E-state index contributed by atoms with van der Waals surface area (Å²) in [6, 6.07) is 13.9. The number of pyridine rings is 1. The van der Waals surface area contributed by atoms with Crippen molar-refractivity contribution in [2.75, 3.05) is 44.8 Å². The maximum Gasteiger partial charge on any atom is 0.315 e. The van der Waals surface area contributed by atoms with Crippen LogP contribution in [0.5, 0.6) is 5.75 Å². The highest BCUT2D eigenvalue weighted by Gasteiger charge is 2.34. The van der Waals surface area contributed by atoms with Crippen LogP contribution in [0.25, 0.3) is 10.9 Å². The Morgan fingerprint density at radius 3 is 2.58 bits per heavy atom. The molecule has 7 rings (SSSR count). The molecule has 2 aromatic carbocycles. The van der Waals surface area contributed by atoms with Crippen molar-refractivity contribution in [2.24, 2.45) is 0 Å². The Hall–Kier alpha value is -4.97. The van der Waals surface area contributed by atoms with Gasteiger partial charge in [0.05, 0.1) is 36.2 Å². The molecule has 1 saturated carbocycles. The van der Waals surface area contributed by atoms with Crippen LogP contribution >= 0.6 is 0 Å². The number of benzene rings is 2. The number of nitrogens with zero attached hydrogens (tertiary/aromatic N) is 3. The van der Waals surface area contributed by atoms with Gasteiger partial charge in [-0.25, -0.2) is 4.39 Å². The highest BCUT2D eigenvalue weighted by Crippen LogP contribution is 2.44. The van der Waals surface area contributed by atoms with E-state index in [1.54, 1.807) is 24.3 Å². The highest BCUT2D eigenvalue weighted by atomic mass is 19.1. The minimum Gasteiger partial charge on any atom is -0.492 e. The number of carbonyl (C=O) groups is 3. The third-order valence-electron chi connectivity index (χ3n) is 9.47. The quantitative estimate of drug-likeness (QED) is 0.150. The van der Waals surface area contributed by atoms with Crippen LogP contribution in [0.1, 0.15) is 70.2 Å². The van der Waals surface area contributed by atoms with Crippen LogP contribution in [0, 0.1) is 5.82 Å². The molecule has 0 spiro atoms. The zero-order valence-electron chi connectivity index (χ0n) is 27.0. The number of rotatable bonds is 10. The van der Waals surface area contributed by atoms with Crippen molar-refractivity contribution in [1.29, 1.82) is 0 Å². The summed E-state index contributed by atoms with van der Waals surface area (Å²) in [5.74, 6) is -2.00. The Morgan fingerprint density at radius 1 is 1.06 bits per heavy atom. The molecule has 250 valence electrons. The minimum absolute atomic E-state index is 0.0191. The molecule has 4 heterocycles. The van der Waals surface area contributed by atoms with Gasteiger partial charge < -0.3 is 34.1 Å². The van der Waals surface area contributed by atoms with Gasteiger partial charge in [0.15, 0.2) is 11.6 Å². The molecule has 2 unspecified atom stereocenters. The molecule has 0 bridgehead atoms. The smallest absolute Gasteiger partial charge is 0.315 e. The molecule has 4 aromatic rings. The first kappa shape index (κ1) is 31.6. The lowest BCUT2D eigenvalue weighted by molar-refractivity contribution is -0.145. The first-order valence-corrected chi connectivity index (χ1v) is 16.4. The fraction of sp³-hybridized carbons (Fsp3) is 0.389. The van der Waals surface area contributed by atoms with E-state index in [1.807, 2.05) is 39.2 Å². The summed E-state index contributed by atoms with van der Waals surface area (Å²) < 4.78 is 30.8. The lowest BCUT2D eigenvalue weighted by Gasteiger charge is -2.35. The van der Waals surface area contributed by atoms with E-state index in [-0.39, 0.29) is 47.7 Å². The zero-order valence-corrected chi connectivity index (χ0v) is 27.0. The third kappa shape index (κ3) is 5.74. The number of fused-ring (bicyclic) bond motifs is 2. The number of hydrogen-bond acceptors (Lipinski definition) is 8. The van der Waals surface area contributed by atoms with Gasteiger partial charge in [-0.1, -0.05) is 30.3 Å². The molecule has 2 aliphatic heterocycles. The zero-order chi connectivity index (χ0) is 33.5. The van der Waals surface area contributed by atoms with Gasteiger partial charge in [-0.15, -0.1) is 0 Å². The maximum atomic E-state index is 15.7. The topological polar surface area (TPSA) is 124 Å². The van der Waals surface area contributed by atoms with Crippen LogP contribution in [0.15, 0.2) is 59.5 Å². The number of piperazine rings is 1. The molecule has 2 atom stereocenters. The number of halogens is 1. The van der Waals surface area contributed by atoms with Gasteiger partial charge in [0, 0.05) is 55.7 Å². The van der Waals surface area contributed by atoms with Crippen LogP contribution in [-0.2, 0) is 16.1 Å². The van der Waals surface area contributed by atoms with E-state index < -0.39 is 29.0 Å². The van der Waals surface area contributed by atoms with E-state index in [0.717, 1.165) is 18.5 Å². The number of amides is 1. The lowest BCUT2D eigenvalue weighted by atomic mass is 10.1. The average Bonchev–Trinajstić information content (AvgIpc) is 3.72. The lowest BCUT2D eigenvalue weighted by Crippen LogP contribution is -2.49. The first-order chi connectivity index (χ1) is 23.3.